The van der Waals surface area contributed by atoms with E-state index in [0.29, 0.717) is 18.7 Å². The molecule has 0 bridgehead atoms. The summed E-state index contributed by atoms with van der Waals surface area (Å²) < 4.78 is 67.0. The SMILES string of the molecule is O=C(Cc1c(F)c(F)c(F)c(F)c1F)N1CCCc2ccccc21. The summed E-state index contributed by atoms with van der Waals surface area (Å²) in [4.78, 5) is 13.7. The molecule has 1 heterocycles. The maximum absolute atomic E-state index is 13.7. The first-order valence-corrected chi connectivity index (χ1v) is 7.30. The molecule has 0 saturated heterocycles. The summed E-state index contributed by atoms with van der Waals surface area (Å²) in [6.45, 7) is 0.325. The lowest BCUT2D eigenvalue weighted by Gasteiger charge is -2.29. The number of fused-ring (bicyclic) bond motifs is 1. The van der Waals surface area contributed by atoms with Crippen molar-refractivity contribution >= 4 is 11.6 Å². The van der Waals surface area contributed by atoms with E-state index < -0.39 is 47.0 Å². The molecule has 0 aromatic heterocycles. The lowest BCUT2D eigenvalue weighted by Crippen LogP contribution is -2.37. The summed E-state index contributed by atoms with van der Waals surface area (Å²) in [7, 11) is 0. The van der Waals surface area contributed by atoms with Crippen molar-refractivity contribution in [2.24, 2.45) is 0 Å². The van der Waals surface area contributed by atoms with E-state index in [9.17, 15) is 26.7 Å². The molecule has 126 valence electrons. The van der Waals surface area contributed by atoms with Gasteiger partial charge in [0.25, 0.3) is 0 Å². The fourth-order valence-corrected chi connectivity index (χ4v) is 2.84. The fourth-order valence-electron chi connectivity index (χ4n) is 2.84. The molecule has 1 amide bonds. The standard InChI is InChI=1S/C17H12F5NO/c18-13-10(14(19)16(21)17(22)15(13)20)8-12(24)23-7-3-5-9-4-1-2-6-11(9)23/h1-2,4,6H,3,5,7-8H2. The Kier molecular flexibility index (Phi) is 4.26. The zero-order chi connectivity index (χ0) is 17.4. The van der Waals surface area contributed by atoms with Crippen LogP contribution in [0.2, 0.25) is 0 Å². The monoisotopic (exact) mass is 341 g/mol. The van der Waals surface area contributed by atoms with Crippen LogP contribution in [0.15, 0.2) is 24.3 Å². The molecule has 0 fully saturated rings. The summed E-state index contributed by atoms with van der Waals surface area (Å²) in [5.41, 5.74) is 0.381. The zero-order valence-corrected chi connectivity index (χ0v) is 12.4. The van der Waals surface area contributed by atoms with E-state index in [1.807, 2.05) is 6.07 Å². The maximum atomic E-state index is 13.7. The van der Waals surface area contributed by atoms with Crippen LogP contribution in [0.4, 0.5) is 27.6 Å². The molecule has 2 aromatic rings. The highest BCUT2D eigenvalue weighted by molar-refractivity contribution is 5.96. The molecular formula is C17H12F5NO. The van der Waals surface area contributed by atoms with E-state index in [1.165, 1.54) is 4.90 Å². The van der Waals surface area contributed by atoms with E-state index >= 15 is 0 Å². The molecule has 0 unspecified atom stereocenters. The third-order valence-electron chi connectivity index (χ3n) is 4.04. The van der Waals surface area contributed by atoms with Crippen molar-refractivity contribution in [1.82, 2.24) is 0 Å². The third-order valence-corrected chi connectivity index (χ3v) is 4.04. The van der Waals surface area contributed by atoms with Gasteiger partial charge in [0.05, 0.1) is 6.42 Å². The van der Waals surface area contributed by atoms with Gasteiger partial charge in [0.1, 0.15) is 0 Å². The van der Waals surface area contributed by atoms with Crippen molar-refractivity contribution in [3.05, 3.63) is 64.5 Å². The number of aryl methyl sites for hydroxylation is 1. The molecule has 24 heavy (non-hydrogen) atoms. The van der Waals surface area contributed by atoms with E-state index in [0.717, 1.165) is 12.0 Å². The first-order chi connectivity index (χ1) is 11.4. The van der Waals surface area contributed by atoms with Gasteiger partial charge in [-0.1, -0.05) is 18.2 Å². The molecule has 2 aromatic carbocycles. The predicted molar refractivity (Wildman–Crippen MR) is 77.1 cm³/mol. The van der Waals surface area contributed by atoms with Gasteiger partial charge in [-0.3, -0.25) is 4.79 Å². The van der Waals surface area contributed by atoms with Crippen LogP contribution in [-0.2, 0) is 17.6 Å². The Balaban J connectivity index is 1.95. The molecule has 1 aliphatic rings. The largest absolute Gasteiger partial charge is 0.312 e. The number of rotatable bonds is 2. The van der Waals surface area contributed by atoms with Crippen LogP contribution in [-0.4, -0.2) is 12.5 Å². The Morgan fingerprint density at radius 1 is 0.917 bits per heavy atom. The average Bonchev–Trinajstić information content (AvgIpc) is 2.61. The maximum Gasteiger partial charge on any atom is 0.231 e. The van der Waals surface area contributed by atoms with Crippen molar-refractivity contribution < 1.29 is 26.7 Å². The smallest absolute Gasteiger partial charge is 0.231 e. The second-order valence-corrected chi connectivity index (χ2v) is 5.50. The summed E-state index contributed by atoms with van der Waals surface area (Å²) in [5, 5.41) is 0. The Morgan fingerprint density at radius 2 is 1.50 bits per heavy atom. The number of hydrogen-bond donors (Lipinski definition) is 0. The van der Waals surface area contributed by atoms with Gasteiger partial charge in [-0.15, -0.1) is 0 Å². The van der Waals surface area contributed by atoms with Gasteiger partial charge in [-0.05, 0) is 24.5 Å². The van der Waals surface area contributed by atoms with Gasteiger partial charge in [0.2, 0.25) is 11.7 Å². The summed E-state index contributed by atoms with van der Waals surface area (Å²) >= 11 is 0. The van der Waals surface area contributed by atoms with Crippen molar-refractivity contribution in [2.45, 2.75) is 19.3 Å². The number of carbonyl (C=O) groups excluding carboxylic acids is 1. The lowest BCUT2D eigenvalue weighted by molar-refractivity contribution is -0.118. The molecule has 3 rings (SSSR count). The lowest BCUT2D eigenvalue weighted by atomic mass is 10.0. The third kappa shape index (κ3) is 2.64. The van der Waals surface area contributed by atoms with Crippen LogP contribution in [0.1, 0.15) is 17.5 Å². The molecular weight excluding hydrogens is 329 g/mol. The minimum absolute atomic E-state index is 0.325. The molecule has 0 aliphatic carbocycles. The number of hydrogen-bond acceptors (Lipinski definition) is 1. The Labute approximate surface area is 134 Å². The van der Waals surface area contributed by atoms with E-state index in [4.69, 9.17) is 0 Å². The zero-order valence-electron chi connectivity index (χ0n) is 12.4. The van der Waals surface area contributed by atoms with Crippen molar-refractivity contribution in [3.8, 4) is 0 Å². The summed E-state index contributed by atoms with van der Waals surface area (Å²) in [6.07, 6.45) is 0.502. The van der Waals surface area contributed by atoms with Crippen LogP contribution in [0.3, 0.4) is 0 Å². The molecule has 0 saturated carbocycles. The first kappa shape index (κ1) is 16.4. The highest BCUT2D eigenvalue weighted by atomic mass is 19.2. The summed E-state index contributed by atoms with van der Waals surface area (Å²) in [6, 6.07) is 7.03. The van der Waals surface area contributed by atoms with E-state index in [1.54, 1.807) is 18.2 Å². The highest BCUT2D eigenvalue weighted by Crippen LogP contribution is 2.29. The second kappa shape index (κ2) is 6.22. The number of benzene rings is 2. The van der Waals surface area contributed by atoms with Gasteiger partial charge in [-0.2, -0.15) is 0 Å². The summed E-state index contributed by atoms with van der Waals surface area (Å²) in [5.74, 6) is -11.0. The molecule has 1 aliphatic heterocycles. The van der Waals surface area contributed by atoms with Crippen LogP contribution < -0.4 is 4.90 Å². The number of amides is 1. The number of para-hydroxylation sites is 1. The quantitative estimate of drug-likeness (QED) is 0.461. The number of nitrogens with zero attached hydrogens (tertiary/aromatic N) is 1. The van der Waals surface area contributed by atoms with Gasteiger partial charge < -0.3 is 4.90 Å². The number of halogens is 5. The topological polar surface area (TPSA) is 20.3 Å². The van der Waals surface area contributed by atoms with Crippen LogP contribution >= 0.6 is 0 Å². The van der Waals surface area contributed by atoms with Crippen molar-refractivity contribution in [1.29, 1.82) is 0 Å². The number of carbonyl (C=O) groups is 1. The first-order valence-electron chi connectivity index (χ1n) is 7.30. The Morgan fingerprint density at radius 3 is 2.17 bits per heavy atom. The molecule has 0 atom stereocenters. The van der Waals surface area contributed by atoms with Gasteiger partial charge >= 0.3 is 0 Å². The van der Waals surface area contributed by atoms with Gasteiger partial charge in [-0.25, -0.2) is 22.0 Å². The van der Waals surface area contributed by atoms with Crippen LogP contribution in [0.5, 0.6) is 0 Å². The van der Waals surface area contributed by atoms with Crippen LogP contribution in [0.25, 0.3) is 0 Å². The average molecular weight is 341 g/mol. The van der Waals surface area contributed by atoms with E-state index in [-0.39, 0.29) is 0 Å². The fraction of sp³-hybridized carbons (Fsp3) is 0.235. The molecule has 0 radical (unpaired) electrons. The highest BCUT2D eigenvalue weighted by Gasteiger charge is 2.29. The Bertz CT molecular complexity index is 792. The minimum Gasteiger partial charge on any atom is -0.312 e. The van der Waals surface area contributed by atoms with Crippen molar-refractivity contribution in [2.75, 3.05) is 11.4 Å². The Hall–Kier alpha value is -2.44. The number of anilines is 1. The van der Waals surface area contributed by atoms with Crippen molar-refractivity contribution in [3.63, 3.8) is 0 Å². The second-order valence-electron chi connectivity index (χ2n) is 5.50. The molecule has 0 spiro atoms. The minimum atomic E-state index is -2.23. The molecule has 0 N–H and O–H groups in total. The van der Waals surface area contributed by atoms with E-state index in [2.05, 4.69) is 0 Å². The van der Waals surface area contributed by atoms with Gasteiger partial charge in [0, 0.05) is 17.8 Å². The van der Waals surface area contributed by atoms with Gasteiger partial charge in [0.15, 0.2) is 23.3 Å². The predicted octanol–water partition coefficient (Wildman–Crippen LogP) is 3.90. The van der Waals surface area contributed by atoms with Crippen LogP contribution in [0, 0.1) is 29.1 Å². The normalized spacial score (nSPS) is 13.8. The molecule has 7 heteroatoms. The molecule has 2 nitrogen and oxygen atoms in total.